The van der Waals surface area contributed by atoms with Crippen LogP contribution in [0.3, 0.4) is 0 Å². The van der Waals surface area contributed by atoms with Gasteiger partial charge in [0.2, 0.25) is 0 Å². The van der Waals surface area contributed by atoms with Crippen LogP contribution in [0.1, 0.15) is 34.1 Å². The molecule has 2 N–H and O–H groups in total. The number of carbonyl (C=O) groups is 1. The molecule has 4 heteroatoms. The highest BCUT2D eigenvalue weighted by atomic mass is 32.2. The zero-order valence-electron chi connectivity index (χ0n) is 10.0. The van der Waals surface area contributed by atoms with Crippen LogP contribution in [-0.4, -0.2) is 34.3 Å². The Labute approximate surface area is 96.3 Å². The number of carbonyl (C=O) groups excluding carboxylic acids is 1. The van der Waals surface area contributed by atoms with Gasteiger partial charge in [-0.15, -0.1) is 0 Å². The monoisotopic (exact) mass is 234 g/mol. The maximum Gasteiger partial charge on any atom is 0.199 e. The molecule has 15 heavy (non-hydrogen) atoms. The molecule has 0 bridgehead atoms. The van der Waals surface area contributed by atoms with Gasteiger partial charge >= 0.3 is 0 Å². The van der Waals surface area contributed by atoms with Crippen LogP contribution < -0.4 is 0 Å². The molecule has 0 aromatic rings. The van der Waals surface area contributed by atoms with Crippen LogP contribution in [0.4, 0.5) is 0 Å². The van der Waals surface area contributed by atoms with Crippen molar-refractivity contribution in [2.45, 2.75) is 34.1 Å². The summed E-state index contributed by atoms with van der Waals surface area (Å²) in [6.45, 7) is 7.34. The second-order valence-electron chi connectivity index (χ2n) is 5.32. The minimum atomic E-state index is -0.997. The predicted octanol–water partition coefficient (Wildman–Crippen LogP) is 1.67. The van der Waals surface area contributed by atoms with E-state index in [0.29, 0.717) is 0 Å². The molecule has 0 saturated carbocycles. The second kappa shape index (κ2) is 5.87. The van der Waals surface area contributed by atoms with Crippen molar-refractivity contribution in [2.75, 3.05) is 19.0 Å². The van der Waals surface area contributed by atoms with Gasteiger partial charge in [0.25, 0.3) is 0 Å². The number of aliphatic hydroxyl groups excluding tert-OH is 2. The average molecular weight is 234 g/mol. The molecule has 0 aromatic carbocycles. The summed E-state index contributed by atoms with van der Waals surface area (Å²) in [5, 5.41) is 17.9. The Hall–Kier alpha value is -0.0600. The molecule has 0 spiro atoms. The number of rotatable bonds is 5. The fraction of sp³-hybridized carbons (Fsp3) is 0.909. The molecule has 0 fully saturated rings. The zero-order chi connectivity index (χ0) is 12.1. The lowest BCUT2D eigenvalue weighted by Crippen LogP contribution is -2.33. The number of hydrogen-bond donors (Lipinski definition) is 2. The lowest BCUT2D eigenvalue weighted by Gasteiger charge is -2.23. The first-order chi connectivity index (χ1) is 6.75. The molecule has 0 amide bonds. The average Bonchev–Trinajstić information content (AvgIpc) is 2.14. The van der Waals surface area contributed by atoms with E-state index < -0.39 is 5.41 Å². The third-order valence-electron chi connectivity index (χ3n) is 2.28. The molecule has 90 valence electrons. The SMILES string of the molecule is CC(C)(C)CCSC(=O)C(C)(CO)CO. The zero-order valence-corrected chi connectivity index (χ0v) is 10.9. The van der Waals surface area contributed by atoms with Gasteiger partial charge in [-0.05, 0) is 18.8 Å². The molecule has 0 atom stereocenters. The van der Waals surface area contributed by atoms with Crippen LogP contribution in [-0.2, 0) is 4.79 Å². The first-order valence-electron chi connectivity index (χ1n) is 5.14. The predicted molar refractivity (Wildman–Crippen MR) is 63.8 cm³/mol. The quantitative estimate of drug-likeness (QED) is 0.760. The number of hydrogen-bond acceptors (Lipinski definition) is 4. The fourth-order valence-electron chi connectivity index (χ4n) is 0.803. The Balaban J connectivity index is 4.04. The molecule has 0 radical (unpaired) electrons. The van der Waals surface area contributed by atoms with E-state index in [4.69, 9.17) is 10.2 Å². The molecule has 0 aliphatic rings. The first-order valence-corrected chi connectivity index (χ1v) is 6.13. The van der Waals surface area contributed by atoms with Crippen molar-refractivity contribution in [3.8, 4) is 0 Å². The Kier molecular flexibility index (Phi) is 5.85. The van der Waals surface area contributed by atoms with Crippen molar-refractivity contribution in [3.63, 3.8) is 0 Å². The summed E-state index contributed by atoms with van der Waals surface area (Å²) in [5.74, 6) is 0.734. The summed E-state index contributed by atoms with van der Waals surface area (Å²) in [5.41, 5.74) is -0.787. The Morgan fingerprint density at radius 1 is 1.13 bits per heavy atom. The molecule has 0 aromatic heterocycles. The summed E-state index contributed by atoms with van der Waals surface area (Å²) in [6.07, 6.45) is 0.941. The fourth-order valence-corrected chi connectivity index (χ4v) is 2.18. The smallest absolute Gasteiger partial charge is 0.199 e. The van der Waals surface area contributed by atoms with Crippen molar-refractivity contribution >= 4 is 16.9 Å². The lowest BCUT2D eigenvalue weighted by molar-refractivity contribution is -0.123. The lowest BCUT2D eigenvalue weighted by atomic mass is 9.94. The van der Waals surface area contributed by atoms with E-state index in [1.807, 2.05) is 0 Å². The highest BCUT2D eigenvalue weighted by Gasteiger charge is 2.32. The van der Waals surface area contributed by atoms with Gasteiger partial charge in [-0.1, -0.05) is 32.5 Å². The normalized spacial score (nSPS) is 12.9. The van der Waals surface area contributed by atoms with E-state index in [0.717, 1.165) is 12.2 Å². The van der Waals surface area contributed by atoms with Gasteiger partial charge in [-0.3, -0.25) is 4.79 Å². The van der Waals surface area contributed by atoms with E-state index in [2.05, 4.69) is 20.8 Å². The molecule has 0 unspecified atom stereocenters. The summed E-state index contributed by atoms with van der Waals surface area (Å²) < 4.78 is 0. The maximum atomic E-state index is 11.7. The van der Waals surface area contributed by atoms with Crippen LogP contribution in [0, 0.1) is 10.8 Å². The third-order valence-corrected chi connectivity index (χ3v) is 3.44. The van der Waals surface area contributed by atoms with Crippen molar-refractivity contribution in [3.05, 3.63) is 0 Å². The van der Waals surface area contributed by atoms with E-state index in [1.165, 1.54) is 11.8 Å². The Bertz CT molecular complexity index is 204. The first kappa shape index (κ1) is 14.9. The number of aliphatic hydroxyl groups is 2. The Morgan fingerprint density at radius 3 is 1.93 bits per heavy atom. The van der Waals surface area contributed by atoms with Crippen LogP contribution in [0.25, 0.3) is 0 Å². The van der Waals surface area contributed by atoms with Crippen molar-refractivity contribution in [1.29, 1.82) is 0 Å². The van der Waals surface area contributed by atoms with Gasteiger partial charge in [-0.25, -0.2) is 0 Å². The van der Waals surface area contributed by atoms with Crippen LogP contribution in [0.2, 0.25) is 0 Å². The van der Waals surface area contributed by atoms with Gasteiger partial charge in [0.05, 0.1) is 18.6 Å². The van der Waals surface area contributed by atoms with Crippen LogP contribution >= 0.6 is 11.8 Å². The molecule has 0 aliphatic carbocycles. The van der Waals surface area contributed by atoms with Gasteiger partial charge in [0.1, 0.15) is 0 Å². The molecular formula is C11H22O3S. The van der Waals surface area contributed by atoms with E-state index in [1.54, 1.807) is 6.92 Å². The minimum absolute atomic E-state index is 0.128. The van der Waals surface area contributed by atoms with Crippen LogP contribution in [0.5, 0.6) is 0 Å². The molecule has 0 rings (SSSR count). The van der Waals surface area contributed by atoms with Gasteiger partial charge in [-0.2, -0.15) is 0 Å². The number of thioether (sulfide) groups is 1. The second-order valence-corrected chi connectivity index (χ2v) is 6.39. The largest absolute Gasteiger partial charge is 0.395 e. The topological polar surface area (TPSA) is 57.5 Å². The summed E-state index contributed by atoms with van der Waals surface area (Å²) in [6, 6.07) is 0. The highest BCUT2D eigenvalue weighted by molar-refractivity contribution is 8.13. The van der Waals surface area contributed by atoms with Crippen molar-refractivity contribution < 1.29 is 15.0 Å². The third kappa shape index (κ3) is 5.54. The van der Waals surface area contributed by atoms with E-state index in [-0.39, 0.29) is 23.7 Å². The molecular weight excluding hydrogens is 212 g/mol. The molecule has 0 saturated heterocycles. The molecule has 0 aliphatic heterocycles. The highest BCUT2D eigenvalue weighted by Crippen LogP contribution is 2.27. The summed E-state index contributed by atoms with van der Waals surface area (Å²) in [4.78, 5) is 11.7. The van der Waals surface area contributed by atoms with E-state index >= 15 is 0 Å². The van der Waals surface area contributed by atoms with Gasteiger partial charge < -0.3 is 10.2 Å². The molecule has 0 heterocycles. The minimum Gasteiger partial charge on any atom is -0.395 e. The summed E-state index contributed by atoms with van der Waals surface area (Å²) in [7, 11) is 0. The van der Waals surface area contributed by atoms with Gasteiger partial charge in [0.15, 0.2) is 5.12 Å². The summed E-state index contributed by atoms with van der Waals surface area (Å²) >= 11 is 1.20. The Morgan fingerprint density at radius 2 is 1.60 bits per heavy atom. The van der Waals surface area contributed by atoms with Crippen molar-refractivity contribution in [2.24, 2.45) is 10.8 Å². The van der Waals surface area contributed by atoms with Crippen LogP contribution in [0.15, 0.2) is 0 Å². The van der Waals surface area contributed by atoms with Gasteiger partial charge in [0, 0.05) is 5.75 Å². The van der Waals surface area contributed by atoms with E-state index in [9.17, 15) is 4.79 Å². The maximum absolute atomic E-state index is 11.7. The van der Waals surface area contributed by atoms with Crippen molar-refractivity contribution in [1.82, 2.24) is 0 Å². The standard InChI is InChI=1S/C11H22O3S/c1-10(2,3)5-6-15-9(14)11(4,7-12)8-13/h12-13H,5-8H2,1-4H3. The molecule has 3 nitrogen and oxygen atoms in total.